The summed E-state index contributed by atoms with van der Waals surface area (Å²) in [6, 6.07) is 13.4. The molecule has 3 aromatic rings. The van der Waals surface area contributed by atoms with Crippen molar-refractivity contribution >= 4 is 28.9 Å². The molecule has 2 aromatic heterocycles. The second-order valence-corrected chi connectivity index (χ2v) is 10.4. The van der Waals surface area contributed by atoms with Gasteiger partial charge in [0, 0.05) is 48.6 Å². The van der Waals surface area contributed by atoms with Crippen molar-refractivity contribution in [1.82, 2.24) is 20.2 Å². The lowest BCUT2D eigenvalue weighted by atomic mass is 10.2. The molecule has 192 valence electrons. The van der Waals surface area contributed by atoms with Gasteiger partial charge in [0.1, 0.15) is 0 Å². The summed E-state index contributed by atoms with van der Waals surface area (Å²) < 4.78 is 11.1. The van der Waals surface area contributed by atoms with Gasteiger partial charge in [-0.25, -0.2) is 9.97 Å². The van der Waals surface area contributed by atoms with Gasteiger partial charge < -0.3 is 20.1 Å². The lowest BCUT2D eigenvalue weighted by Gasteiger charge is -2.26. The van der Waals surface area contributed by atoms with E-state index in [1.807, 2.05) is 30.3 Å². The zero-order valence-electron chi connectivity index (χ0n) is 21.0. The Morgan fingerprint density at radius 2 is 2.06 bits per heavy atom. The average molecular weight is 510 g/mol. The molecule has 36 heavy (non-hydrogen) atoms. The zero-order valence-corrected chi connectivity index (χ0v) is 21.9. The molecule has 1 saturated heterocycles. The Bertz CT molecular complexity index is 1110. The summed E-state index contributed by atoms with van der Waals surface area (Å²) in [6.45, 7) is 10.8. The molecule has 3 heterocycles. The van der Waals surface area contributed by atoms with Crippen LogP contribution >= 0.6 is 11.3 Å². The number of nitrogens with one attached hydrogen (secondary N) is 2. The summed E-state index contributed by atoms with van der Waals surface area (Å²) in [5.74, 6) is 0.924. The molecule has 1 aliphatic heterocycles. The predicted octanol–water partition coefficient (Wildman–Crippen LogP) is 4.57. The second-order valence-electron chi connectivity index (χ2n) is 9.21. The normalized spacial score (nSPS) is 14.2. The monoisotopic (exact) mass is 509 g/mol. The van der Waals surface area contributed by atoms with E-state index in [0.717, 1.165) is 62.1 Å². The highest BCUT2D eigenvalue weighted by Gasteiger charge is 2.11. The molecule has 0 radical (unpaired) electrons. The lowest BCUT2D eigenvalue weighted by molar-refractivity contribution is 0.0374. The van der Waals surface area contributed by atoms with Gasteiger partial charge in [-0.1, -0.05) is 19.9 Å². The van der Waals surface area contributed by atoms with Crippen LogP contribution in [0, 0.1) is 5.92 Å². The van der Waals surface area contributed by atoms with E-state index in [0.29, 0.717) is 30.6 Å². The molecule has 0 bridgehead atoms. The Morgan fingerprint density at radius 3 is 2.89 bits per heavy atom. The van der Waals surface area contributed by atoms with Gasteiger partial charge in [-0.15, -0.1) is 11.3 Å². The van der Waals surface area contributed by atoms with Crippen LogP contribution in [-0.2, 0) is 16.1 Å². The van der Waals surface area contributed by atoms with Crippen LogP contribution in [0.1, 0.15) is 35.5 Å². The lowest BCUT2D eigenvalue weighted by Crippen LogP contribution is -2.38. The SMILES string of the molecule is CC(C)COCc1ccc(-c2ccnc(Nc3cccc(C(=O)NCCCN4CCOCC4)c3)n2)s1. The number of aromatic nitrogens is 2. The minimum atomic E-state index is -0.0823. The topological polar surface area (TPSA) is 88.6 Å². The summed E-state index contributed by atoms with van der Waals surface area (Å²) in [4.78, 5) is 26.3. The van der Waals surface area contributed by atoms with Gasteiger partial charge in [0.2, 0.25) is 5.95 Å². The summed E-state index contributed by atoms with van der Waals surface area (Å²) >= 11 is 1.67. The fraction of sp³-hybridized carbons (Fsp3) is 0.444. The third kappa shape index (κ3) is 8.09. The first-order valence-electron chi connectivity index (χ1n) is 12.5. The number of carbonyl (C=O) groups is 1. The number of nitrogens with zero attached hydrogens (tertiary/aromatic N) is 3. The van der Waals surface area contributed by atoms with Crippen LogP contribution in [-0.4, -0.2) is 66.8 Å². The predicted molar refractivity (Wildman–Crippen MR) is 144 cm³/mol. The van der Waals surface area contributed by atoms with Gasteiger partial charge in [0.25, 0.3) is 5.91 Å². The van der Waals surface area contributed by atoms with Crippen LogP contribution in [0.4, 0.5) is 11.6 Å². The Hall–Kier alpha value is -2.85. The van der Waals surface area contributed by atoms with Crippen LogP contribution in [0.2, 0.25) is 0 Å². The van der Waals surface area contributed by atoms with E-state index < -0.39 is 0 Å². The molecule has 9 heteroatoms. The maximum atomic E-state index is 12.6. The van der Waals surface area contributed by atoms with E-state index in [9.17, 15) is 4.79 Å². The van der Waals surface area contributed by atoms with Crippen LogP contribution < -0.4 is 10.6 Å². The molecule has 0 spiro atoms. The van der Waals surface area contributed by atoms with Crippen LogP contribution in [0.3, 0.4) is 0 Å². The fourth-order valence-electron chi connectivity index (χ4n) is 3.84. The largest absolute Gasteiger partial charge is 0.379 e. The Morgan fingerprint density at radius 1 is 1.19 bits per heavy atom. The van der Waals surface area contributed by atoms with Crippen LogP contribution in [0.15, 0.2) is 48.7 Å². The van der Waals surface area contributed by atoms with Gasteiger partial charge >= 0.3 is 0 Å². The van der Waals surface area contributed by atoms with Gasteiger partial charge in [-0.3, -0.25) is 9.69 Å². The zero-order chi connectivity index (χ0) is 25.2. The number of carbonyl (C=O) groups excluding carboxylic acids is 1. The molecular formula is C27H35N5O3S. The molecule has 4 rings (SSSR count). The first kappa shape index (κ1) is 26.2. The molecule has 2 N–H and O–H groups in total. The van der Waals surface area contributed by atoms with E-state index in [4.69, 9.17) is 9.47 Å². The van der Waals surface area contributed by atoms with Crippen molar-refractivity contribution in [3.05, 3.63) is 59.1 Å². The molecule has 8 nitrogen and oxygen atoms in total. The van der Waals surface area contributed by atoms with Crippen molar-refractivity contribution in [2.24, 2.45) is 5.92 Å². The highest BCUT2D eigenvalue weighted by atomic mass is 32.1. The third-order valence-corrected chi connectivity index (χ3v) is 6.77. The average Bonchev–Trinajstić information content (AvgIpc) is 3.36. The summed E-state index contributed by atoms with van der Waals surface area (Å²) in [7, 11) is 0. The molecule has 0 saturated carbocycles. The third-order valence-electron chi connectivity index (χ3n) is 5.69. The van der Waals surface area contributed by atoms with Crippen molar-refractivity contribution in [2.45, 2.75) is 26.9 Å². The summed E-state index contributed by atoms with van der Waals surface area (Å²) in [5, 5.41) is 6.25. The Balaban J connectivity index is 1.30. The smallest absolute Gasteiger partial charge is 0.251 e. The van der Waals surface area contributed by atoms with Gasteiger partial charge in [-0.2, -0.15) is 0 Å². The van der Waals surface area contributed by atoms with Crippen molar-refractivity contribution in [2.75, 3.05) is 51.3 Å². The number of morpholine rings is 1. The van der Waals surface area contributed by atoms with E-state index in [1.165, 1.54) is 4.88 Å². The standard InChI is InChI=1S/C27H35N5O3S/c1-20(2)18-35-19-23-7-8-25(36-23)24-9-11-29-27(31-24)30-22-6-3-5-21(17-22)26(33)28-10-4-12-32-13-15-34-16-14-32/h3,5-9,11,17,20H,4,10,12-16,18-19H2,1-2H3,(H,28,33)(H,29,30,31). The Labute approximate surface area is 217 Å². The molecule has 0 atom stereocenters. The van der Waals surface area contributed by atoms with Gasteiger partial charge in [-0.05, 0) is 55.3 Å². The second kappa shape index (κ2) is 13.5. The minimum absolute atomic E-state index is 0.0823. The molecule has 0 unspecified atom stereocenters. The number of rotatable bonds is 12. The molecule has 0 aliphatic carbocycles. The quantitative estimate of drug-likeness (QED) is 0.346. The molecule has 1 amide bonds. The molecule has 1 aliphatic rings. The summed E-state index contributed by atoms with van der Waals surface area (Å²) in [5.41, 5.74) is 2.22. The van der Waals surface area contributed by atoms with Crippen LogP contribution in [0.25, 0.3) is 10.6 Å². The number of ether oxygens (including phenoxy) is 2. The van der Waals surface area contributed by atoms with E-state index in [-0.39, 0.29) is 5.91 Å². The van der Waals surface area contributed by atoms with Crippen molar-refractivity contribution in [3.63, 3.8) is 0 Å². The van der Waals surface area contributed by atoms with Crippen molar-refractivity contribution < 1.29 is 14.3 Å². The minimum Gasteiger partial charge on any atom is -0.379 e. The highest BCUT2D eigenvalue weighted by Crippen LogP contribution is 2.28. The van der Waals surface area contributed by atoms with E-state index >= 15 is 0 Å². The maximum Gasteiger partial charge on any atom is 0.251 e. The number of benzene rings is 1. The maximum absolute atomic E-state index is 12.6. The fourth-order valence-corrected chi connectivity index (χ4v) is 4.76. The van der Waals surface area contributed by atoms with Crippen LogP contribution in [0.5, 0.6) is 0 Å². The molecular weight excluding hydrogens is 474 g/mol. The van der Waals surface area contributed by atoms with Crippen molar-refractivity contribution in [1.29, 1.82) is 0 Å². The van der Waals surface area contributed by atoms with E-state index in [2.05, 4.69) is 51.5 Å². The number of anilines is 2. The number of hydrogen-bond acceptors (Lipinski definition) is 8. The first-order chi connectivity index (χ1) is 17.6. The van der Waals surface area contributed by atoms with Crippen molar-refractivity contribution in [3.8, 4) is 10.6 Å². The van der Waals surface area contributed by atoms with E-state index in [1.54, 1.807) is 17.5 Å². The first-order valence-corrected chi connectivity index (χ1v) is 13.3. The van der Waals surface area contributed by atoms with Gasteiger partial charge in [0.15, 0.2) is 0 Å². The molecule has 1 aromatic carbocycles. The van der Waals surface area contributed by atoms with Gasteiger partial charge in [0.05, 0.1) is 30.4 Å². The number of amides is 1. The Kier molecular flexibility index (Phi) is 9.80. The number of thiophene rings is 1. The number of hydrogen-bond donors (Lipinski definition) is 2. The highest BCUT2D eigenvalue weighted by molar-refractivity contribution is 7.15. The summed E-state index contributed by atoms with van der Waals surface area (Å²) in [6.07, 6.45) is 2.66. The molecule has 1 fully saturated rings.